The maximum Gasteiger partial charge on any atom is 0.423 e. The van der Waals surface area contributed by atoms with Crippen molar-refractivity contribution in [1.82, 2.24) is 13.7 Å². The average Bonchev–Trinajstić information content (AvgIpc) is 3.03. The van der Waals surface area contributed by atoms with Gasteiger partial charge in [-0.2, -0.15) is 8.42 Å². The molecule has 2 aromatic heterocycles. The minimum Gasteiger partial charge on any atom is -0.444 e. The Bertz CT molecular complexity index is 777. The molecule has 21 heavy (non-hydrogen) atoms. The Morgan fingerprint density at radius 3 is 3.00 bits per heavy atom. The summed E-state index contributed by atoms with van der Waals surface area (Å²) >= 11 is 1.21. The van der Waals surface area contributed by atoms with Crippen LogP contribution in [-0.4, -0.2) is 41.9 Å². The van der Waals surface area contributed by atoms with Crippen molar-refractivity contribution < 1.29 is 17.9 Å². The second-order valence-electron chi connectivity index (χ2n) is 3.97. The van der Waals surface area contributed by atoms with E-state index in [1.54, 1.807) is 0 Å². The summed E-state index contributed by atoms with van der Waals surface area (Å²) in [6.07, 6.45) is 3.25. The number of nitrogens with two attached hydrogens (primary N) is 1. The first-order valence-electron chi connectivity index (χ1n) is 5.83. The van der Waals surface area contributed by atoms with Crippen LogP contribution < -0.4 is 5.73 Å². The molecule has 8 nitrogen and oxygen atoms in total. The van der Waals surface area contributed by atoms with Gasteiger partial charge in [-0.1, -0.05) is 12.7 Å². The number of aromatic nitrogens is 2. The second-order valence-corrected chi connectivity index (χ2v) is 6.97. The first kappa shape index (κ1) is 15.5. The van der Waals surface area contributed by atoms with Crippen LogP contribution in [0.25, 0.3) is 4.83 Å². The predicted octanol–water partition coefficient (Wildman–Crippen LogP) is 0.798. The predicted molar refractivity (Wildman–Crippen MR) is 77.5 cm³/mol. The smallest absolute Gasteiger partial charge is 0.423 e. The fraction of sp³-hybridized carbons (Fsp3) is 0.273. The summed E-state index contributed by atoms with van der Waals surface area (Å²) in [5, 5.41) is -0.0689. The number of amides is 1. The van der Waals surface area contributed by atoms with Crippen LogP contribution in [0.3, 0.4) is 0 Å². The Kier molecular flexibility index (Phi) is 4.30. The molecule has 0 bridgehead atoms. The van der Waals surface area contributed by atoms with Crippen molar-refractivity contribution in [1.29, 1.82) is 0 Å². The summed E-state index contributed by atoms with van der Waals surface area (Å²) in [6, 6.07) is 0. The van der Waals surface area contributed by atoms with Crippen LogP contribution in [-0.2, 0) is 21.3 Å². The van der Waals surface area contributed by atoms with Crippen LogP contribution >= 0.6 is 11.3 Å². The third-order valence-corrected chi connectivity index (χ3v) is 5.71. The maximum atomic E-state index is 12.6. The number of ether oxygens (including phenoxy) is 1. The molecular formula is C11H14N4O4S2. The molecule has 2 rings (SSSR count). The van der Waals surface area contributed by atoms with Gasteiger partial charge in [0.25, 0.3) is 10.0 Å². The zero-order chi connectivity index (χ0) is 15.6. The number of thiazole rings is 1. The van der Waals surface area contributed by atoms with Gasteiger partial charge in [-0.15, -0.1) is 11.3 Å². The molecule has 1 amide bonds. The number of nitrogens with zero attached hydrogens (tertiary/aromatic N) is 3. The van der Waals surface area contributed by atoms with E-state index in [9.17, 15) is 13.2 Å². The van der Waals surface area contributed by atoms with Crippen molar-refractivity contribution in [3.63, 3.8) is 0 Å². The highest BCUT2D eigenvalue weighted by Gasteiger charge is 2.32. The molecule has 2 heterocycles. The summed E-state index contributed by atoms with van der Waals surface area (Å²) in [7, 11) is -2.96. The molecule has 0 fully saturated rings. The van der Waals surface area contributed by atoms with Gasteiger partial charge < -0.3 is 10.5 Å². The van der Waals surface area contributed by atoms with Crippen molar-refractivity contribution in [2.24, 2.45) is 5.73 Å². The van der Waals surface area contributed by atoms with Gasteiger partial charge in [0.15, 0.2) is 5.03 Å². The highest BCUT2D eigenvalue weighted by atomic mass is 32.2. The first-order valence-corrected chi connectivity index (χ1v) is 8.09. The number of sulfonamides is 1. The van der Waals surface area contributed by atoms with Crippen LogP contribution in [0.2, 0.25) is 0 Å². The molecular weight excluding hydrogens is 316 g/mol. The second kappa shape index (κ2) is 5.84. The van der Waals surface area contributed by atoms with Crippen LogP contribution in [0, 0.1) is 0 Å². The van der Waals surface area contributed by atoms with Crippen molar-refractivity contribution in [3.8, 4) is 0 Å². The van der Waals surface area contributed by atoms with Crippen LogP contribution in [0.1, 0.15) is 4.88 Å². The molecule has 0 spiro atoms. The normalized spacial score (nSPS) is 11.5. The Morgan fingerprint density at radius 2 is 2.38 bits per heavy atom. The highest BCUT2D eigenvalue weighted by molar-refractivity contribution is 7.89. The van der Waals surface area contributed by atoms with Gasteiger partial charge in [-0.05, 0) is 0 Å². The molecule has 0 saturated carbocycles. The summed E-state index contributed by atoms with van der Waals surface area (Å²) in [5.74, 6) is 0. The Labute approximate surface area is 125 Å². The first-order chi connectivity index (χ1) is 9.93. The van der Waals surface area contributed by atoms with E-state index in [1.807, 2.05) is 0 Å². The Hall–Kier alpha value is -1.91. The standard InChI is InChI=1S/C11H14N4O4S2/c1-3-4-19-11(16)14(2)21(17,18)10-8(5-12)20-9-6-13-7-15(9)10/h3,6-7H,1,4-5,12H2,2H3. The lowest BCUT2D eigenvalue weighted by Gasteiger charge is -2.17. The van der Waals surface area contributed by atoms with Crippen molar-refractivity contribution in [2.75, 3.05) is 13.7 Å². The molecule has 114 valence electrons. The molecule has 0 aliphatic heterocycles. The van der Waals surface area contributed by atoms with Gasteiger partial charge in [-0.25, -0.2) is 14.1 Å². The van der Waals surface area contributed by atoms with E-state index in [0.29, 0.717) is 14.0 Å². The van der Waals surface area contributed by atoms with E-state index in [2.05, 4.69) is 11.6 Å². The summed E-state index contributed by atoms with van der Waals surface area (Å²) in [4.78, 5) is 16.7. The van der Waals surface area contributed by atoms with E-state index in [1.165, 1.54) is 34.3 Å². The SMILES string of the molecule is C=CCOC(=O)N(C)S(=O)(=O)c1c(CN)sc2cncn12. The molecule has 0 radical (unpaired) electrons. The lowest BCUT2D eigenvalue weighted by molar-refractivity contribution is 0.142. The minimum absolute atomic E-state index is 0.0382. The van der Waals surface area contributed by atoms with E-state index in [4.69, 9.17) is 10.5 Å². The van der Waals surface area contributed by atoms with Gasteiger partial charge in [-0.3, -0.25) is 4.40 Å². The number of carbonyl (C=O) groups is 1. The summed E-state index contributed by atoms with van der Waals surface area (Å²) in [5.41, 5.74) is 5.59. The zero-order valence-electron chi connectivity index (χ0n) is 11.2. The molecule has 0 unspecified atom stereocenters. The number of hydrogen-bond acceptors (Lipinski definition) is 7. The fourth-order valence-electron chi connectivity index (χ4n) is 1.66. The third kappa shape index (κ3) is 2.64. The van der Waals surface area contributed by atoms with Gasteiger partial charge in [0, 0.05) is 13.6 Å². The van der Waals surface area contributed by atoms with Crippen molar-refractivity contribution >= 4 is 32.3 Å². The average molecular weight is 330 g/mol. The molecule has 0 aliphatic rings. The van der Waals surface area contributed by atoms with E-state index in [0.717, 1.165) is 7.05 Å². The Morgan fingerprint density at radius 1 is 1.67 bits per heavy atom. The monoisotopic (exact) mass is 330 g/mol. The van der Waals surface area contributed by atoms with E-state index < -0.39 is 16.1 Å². The molecule has 0 atom stereocenters. The van der Waals surface area contributed by atoms with E-state index >= 15 is 0 Å². The number of imidazole rings is 1. The summed E-state index contributed by atoms with van der Waals surface area (Å²) in [6.45, 7) is 3.35. The third-order valence-electron chi connectivity index (χ3n) is 2.66. The van der Waals surface area contributed by atoms with Crippen LogP contribution in [0.15, 0.2) is 30.2 Å². The number of fused-ring (bicyclic) bond motifs is 1. The number of rotatable bonds is 5. The van der Waals surface area contributed by atoms with Crippen LogP contribution in [0.5, 0.6) is 0 Å². The lowest BCUT2D eigenvalue weighted by Crippen LogP contribution is -2.35. The number of carbonyl (C=O) groups excluding carboxylic acids is 1. The molecule has 0 aliphatic carbocycles. The molecule has 2 aromatic rings. The Balaban J connectivity index is 2.48. The van der Waals surface area contributed by atoms with Gasteiger partial charge in [0.2, 0.25) is 0 Å². The topological polar surface area (TPSA) is 107 Å². The van der Waals surface area contributed by atoms with Gasteiger partial charge >= 0.3 is 6.09 Å². The van der Waals surface area contributed by atoms with Crippen molar-refractivity contribution in [2.45, 2.75) is 11.6 Å². The molecule has 2 N–H and O–H groups in total. The molecule has 0 saturated heterocycles. The van der Waals surface area contributed by atoms with Crippen LogP contribution in [0.4, 0.5) is 4.79 Å². The van der Waals surface area contributed by atoms with Gasteiger partial charge in [0.1, 0.15) is 17.8 Å². The molecule has 0 aromatic carbocycles. The highest BCUT2D eigenvalue weighted by Crippen LogP contribution is 2.28. The fourth-order valence-corrected chi connectivity index (χ4v) is 4.31. The minimum atomic E-state index is -4.09. The van der Waals surface area contributed by atoms with Gasteiger partial charge in [0.05, 0.1) is 11.1 Å². The number of hydrogen-bond donors (Lipinski definition) is 1. The van der Waals surface area contributed by atoms with E-state index in [-0.39, 0.29) is 18.2 Å². The largest absolute Gasteiger partial charge is 0.444 e. The summed E-state index contributed by atoms with van der Waals surface area (Å²) < 4.78 is 31.9. The lowest BCUT2D eigenvalue weighted by atomic mass is 10.5. The molecule has 10 heteroatoms. The maximum absolute atomic E-state index is 12.6. The quantitative estimate of drug-likeness (QED) is 0.813. The zero-order valence-corrected chi connectivity index (χ0v) is 12.9. The van der Waals surface area contributed by atoms with Crippen molar-refractivity contribution in [3.05, 3.63) is 30.1 Å².